The molecule has 7 heteroatoms. The van der Waals surface area contributed by atoms with Gasteiger partial charge in [0, 0.05) is 22.3 Å². The number of carboxylic acids is 1. The van der Waals surface area contributed by atoms with Gasteiger partial charge in [0.2, 0.25) is 0 Å². The topological polar surface area (TPSA) is 87.7 Å². The van der Waals surface area contributed by atoms with Gasteiger partial charge in [0.25, 0.3) is 0 Å². The predicted octanol–water partition coefficient (Wildman–Crippen LogP) is 7.21. The van der Waals surface area contributed by atoms with Crippen molar-refractivity contribution in [3.63, 3.8) is 0 Å². The molecule has 0 aliphatic carbocycles. The lowest BCUT2D eigenvalue weighted by molar-refractivity contribution is -0.139. The third-order valence-electron chi connectivity index (χ3n) is 6.58. The minimum Gasteiger partial charge on any atom is -0.480 e. The molecule has 1 aliphatic rings. The molecule has 0 bridgehead atoms. The molecular weight excluding hydrogens is 496 g/mol. The van der Waals surface area contributed by atoms with E-state index in [9.17, 15) is 14.7 Å². The number of carbonyl (C=O) groups excluding carboxylic acids is 1. The second-order valence-electron chi connectivity index (χ2n) is 10.8. The van der Waals surface area contributed by atoms with Crippen LogP contribution in [0.25, 0.3) is 0 Å². The number of hydrogen-bond donors (Lipinski definition) is 3. The van der Waals surface area contributed by atoms with Crippen LogP contribution in [0.1, 0.15) is 66.3 Å². The van der Waals surface area contributed by atoms with Gasteiger partial charge >= 0.3 is 12.1 Å². The van der Waals surface area contributed by atoms with Crippen LogP contribution in [0.2, 0.25) is 0 Å². The summed E-state index contributed by atoms with van der Waals surface area (Å²) in [6.07, 6.45) is 0.309. The smallest absolute Gasteiger partial charge is 0.408 e. The number of anilines is 1. The van der Waals surface area contributed by atoms with Crippen LogP contribution in [0.3, 0.4) is 0 Å². The van der Waals surface area contributed by atoms with E-state index in [4.69, 9.17) is 4.74 Å². The fraction of sp³-hybridized carbons (Fsp3) is 0.355. The minimum atomic E-state index is -1.10. The number of nitrogens with one attached hydrogen (secondary N) is 2. The van der Waals surface area contributed by atoms with Crippen molar-refractivity contribution in [1.29, 1.82) is 0 Å². The first-order valence-electron chi connectivity index (χ1n) is 12.9. The molecule has 0 radical (unpaired) electrons. The molecule has 1 heterocycles. The SMILES string of the molecule is Cc1cccc(C)c1C1CC(Sc2ccccc2)c2cc(C[C@H](NC(=O)OC(C)(C)C)C(=O)O)ccc2N1. The van der Waals surface area contributed by atoms with Gasteiger partial charge in [0.05, 0.1) is 6.04 Å². The molecule has 0 saturated carbocycles. The second kappa shape index (κ2) is 11.5. The number of hydrogen-bond acceptors (Lipinski definition) is 5. The Morgan fingerprint density at radius 2 is 1.74 bits per heavy atom. The number of aliphatic carboxylic acids is 1. The number of benzene rings is 3. The monoisotopic (exact) mass is 532 g/mol. The number of ether oxygens (including phenoxy) is 1. The van der Waals surface area contributed by atoms with Crippen LogP contribution >= 0.6 is 11.8 Å². The van der Waals surface area contributed by atoms with E-state index in [1.165, 1.54) is 21.6 Å². The van der Waals surface area contributed by atoms with Gasteiger partial charge < -0.3 is 20.5 Å². The van der Waals surface area contributed by atoms with E-state index >= 15 is 0 Å². The van der Waals surface area contributed by atoms with Gasteiger partial charge in [-0.3, -0.25) is 0 Å². The predicted molar refractivity (Wildman–Crippen MR) is 153 cm³/mol. The first kappa shape index (κ1) is 27.6. The summed E-state index contributed by atoms with van der Waals surface area (Å²) in [5, 5.41) is 16.2. The molecule has 1 aliphatic heterocycles. The number of carbonyl (C=O) groups is 2. The van der Waals surface area contributed by atoms with Gasteiger partial charge in [0.1, 0.15) is 11.6 Å². The van der Waals surface area contributed by atoms with Crippen molar-refractivity contribution in [3.05, 3.63) is 94.5 Å². The Kier molecular flexibility index (Phi) is 8.36. The fourth-order valence-electron chi connectivity index (χ4n) is 4.95. The van der Waals surface area contributed by atoms with Crippen LogP contribution in [0.5, 0.6) is 0 Å². The number of aryl methyl sites for hydroxylation is 2. The first-order chi connectivity index (χ1) is 18.0. The lowest BCUT2D eigenvalue weighted by Crippen LogP contribution is -2.44. The van der Waals surface area contributed by atoms with Crippen molar-refractivity contribution in [3.8, 4) is 0 Å². The number of alkyl carbamates (subject to hydrolysis) is 1. The summed E-state index contributed by atoms with van der Waals surface area (Å²) in [5.74, 6) is -1.10. The molecule has 0 aromatic heterocycles. The standard InChI is InChI=1S/C31H36N2O4S/c1-19-10-9-11-20(2)28(19)25-18-27(38-22-12-7-6-8-13-22)23-16-21(14-15-24(23)32-25)17-26(29(34)35)33-30(36)37-31(3,4)5/h6-16,25-27,32H,17-18H2,1-5H3,(H,33,36)(H,34,35)/t25?,26-,27?/m0/s1. The number of fused-ring (bicyclic) bond motifs is 1. The van der Waals surface area contributed by atoms with Gasteiger partial charge in [-0.15, -0.1) is 11.8 Å². The van der Waals surface area contributed by atoms with Crippen molar-refractivity contribution < 1.29 is 19.4 Å². The zero-order valence-corrected chi connectivity index (χ0v) is 23.4. The molecule has 2 unspecified atom stereocenters. The number of thioether (sulfide) groups is 1. The summed E-state index contributed by atoms with van der Waals surface area (Å²) in [7, 11) is 0. The van der Waals surface area contributed by atoms with Gasteiger partial charge in [-0.05, 0) is 87.1 Å². The Labute approximate surface area is 229 Å². The van der Waals surface area contributed by atoms with Crippen LogP contribution in [-0.2, 0) is 16.0 Å². The molecule has 0 spiro atoms. The zero-order chi connectivity index (χ0) is 27.4. The molecule has 3 N–H and O–H groups in total. The average Bonchev–Trinajstić information content (AvgIpc) is 2.83. The number of carboxylic acid groups (broad SMARTS) is 1. The van der Waals surface area contributed by atoms with E-state index in [0.717, 1.165) is 23.2 Å². The molecule has 200 valence electrons. The Hall–Kier alpha value is -3.45. The van der Waals surface area contributed by atoms with Crippen molar-refractivity contribution in [1.82, 2.24) is 5.32 Å². The third-order valence-corrected chi connectivity index (χ3v) is 7.86. The maximum Gasteiger partial charge on any atom is 0.408 e. The van der Waals surface area contributed by atoms with Gasteiger partial charge in [0.15, 0.2) is 0 Å². The van der Waals surface area contributed by atoms with Crippen LogP contribution < -0.4 is 10.6 Å². The molecule has 1 amide bonds. The number of amides is 1. The summed E-state index contributed by atoms with van der Waals surface area (Å²) >= 11 is 1.82. The normalized spacial score (nSPS) is 17.6. The maximum absolute atomic E-state index is 12.3. The summed E-state index contributed by atoms with van der Waals surface area (Å²) in [5.41, 5.74) is 6.19. The van der Waals surface area contributed by atoms with E-state index in [1.54, 1.807) is 20.8 Å². The lowest BCUT2D eigenvalue weighted by Gasteiger charge is -2.35. The highest BCUT2D eigenvalue weighted by atomic mass is 32.2. The Balaban J connectivity index is 1.63. The molecule has 3 atom stereocenters. The van der Waals surface area contributed by atoms with E-state index in [-0.39, 0.29) is 17.7 Å². The maximum atomic E-state index is 12.3. The summed E-state index contributed by atoms with van der Waals surface area (Å²) < 4.78 is 5.28. The molecule has 3 aromatic rings. The molecular formula is C31H36N2O4S. The molecule has 0 saturated heterocycles. The van der Waals surface area contributed by atoms with Gasteiger partial charge in [-0.2, -0.15) is 0 Å². The average molecular weight is 533 g/mol. The molecule has 6 nitrogen and oxygen atoms in total. The van der Waals surface area contributed by atoms with Crippen molar-refractivity contribution in [2.24, 2.45) is 0 Å². The Morgan fingerprint density at radius 1 is 1.05 bits per heavy atom. The molecule has 38 heavy (non-hydrogen) atoms. The van der Waals surface area contributed by atoms with Crippen LogP contribution in [0.4, 0.5) is 10.5 Å². The Morgan fingerprint density at radius 3 is 2.37 bits per heavy atom. The van der Waals surface area contributed by atoms with E-state index in [1.807, 2.05) is 42.1 Å². The molecule has 0 fully saturated rings. The Bertz CT molecular complexity index is 1280. The highest BCUT2D eigenvalue weighted by Gasteiger charge is 2.31. The van der Waals surface area contributed by atoms with Gasteiger partial charge in [-0.25, -0.2) is 9.59 Å². The van der Waals surface area contributed by atoms with E-state index < -0.39 is 23.7 Å². The first-order valence-corrected chi connectivity index (χ1v) is 13.8. The van der Waals surface area contributed by atoms with Crippen LogP contribution in [0.15, 0.2) is 71.6 Å². The van der Waals surface area contributed by atoms with Crippen LogP contribution in [0, 0.1) is 13.8 Å². The quantitative estimate of drug-likeness (QED) is 0.298. The van der Waals surface area contributed by atoms with E-state index in [0.29, 0.717) is 0 Å². The second-order valence-corrected chi connectivity index (χ2v) is 12.1. The van der Waals surface area contributed by atoms with Crippen molar-refractivity contribution in [2.75, 3.05) is 5.32 Å². The highest BCUT2D eigenvalue weighted by Crippen LogP contribution is 2.49. The number of rotatable bonds is 7. The molecule has 3 aromatic carbocycles. The van der Waals surface area contributed by atoms with Crippen LogP contribution in [-0.4, -0.2) is 28.8 Å². The van der Waals surface area contributed by atoms with E-state index in [2.05, 4.69) is 60.9 Å². The zero-order valence-electron chi connectivity index (χ0n) is 22.6. The van der Waals surface area contributed by atoms with Crippen molar-refractivity contribution >= 4 is 29.5 Å². The van der Waals surface area contributed by atoms with Gasteiger partial charge in [-0.1, -0.05) is 48.5 Å². The minimum absolute atomic E-state index is 0.158. The van der Waals surface area contributed by atoms with Crippen molar-refractivity contribution in [2.45, 2.75) is 75.3 Å². The summed E-state index contributed by atoms with van der Waals surface area (Å²) in [6.45, 7) is 9.55. The highest BCUT2D eigenvalue weighted by molar-refractivity contribution is 7.99. The summed E-state index contributed by atoms with van der Waals surface area (Å²) in [6, 6.07) is 21.9. The largest absolute Gasteiger partial charge is 0.480 e. The summed E-state index contributed by atoms with van der Waals surface area (Å²) in [4.78, 5) is 25.4. The fourth-order valence-corrected chi connectivity index (χ4v) is 6.21. The third kappa shape index (κ3) is 6.90. The lowest BCUT2D eigenvalue weighted by atomic mass is 9.87. The molecule has 4 rings (SSSR count).